The molecule has 1 aromatic carbocycles. The zero-order valence-electron chi connectivity index (χ0n) is 12.1. The van der Waals surface area contributed by atoms with Gasteiger partial charge in [0.25, 0.3) is 0 Å². The van der Waals surface area contributed by atoms with Gasteiger partial charge in [0, 0.05) is 5.69 Å². The molecular weight excluding hydrogens is 258 g/mol. The lowest BCUT2D eigenvalue weighted by Crippen LogP contribution is -2.21. The van der Waals surface area contributed by atoms with Crippen LogP contribution in [0.4, 0.5) is 5.69 Å². The summed E-state index contributed by atoms with van der Waals surface area (Å²) < 4.78 is 5.33. The smallest absolute Gasteiger partial charge is 0.310 e. The standard InChI is InChI=1S/C15H21NO4/c1-4-10(2)20-9-14(17)16-13-7-5-6-12(8-13)11(3)15(18)19/h5-8,10-11H,4,9H2,1-3H3,(H,16,17)(H,18,19). The van der Waals surface area contributed by atoms with Gasteiger partial charge in [-0.15, -0.1) is 0 Å². The highest BCUT2D eigenvalue weighted by atomic mass is 16.5. The number of carbonyl (C=O) groups excluding carboxylic acids is 1. The van der Waals surface area contributed by atoms with Crippen LogP contribution >= 0.6 is 0 Å². The summed E-state index contributed by atoms with van der Waals surface area (Å²) in [4.78, 5) is 22.6. The molecule has 2 unspecified atom stereocenters. The fourth-order valence-corrected chi connectivity index (χ4v) is 1.56. The van der Waals surface area contributed by atoms with Crippen molar-refractivity contribution >= 4 is 17.6 Å². The molecule has 0 aromatic heterocycles. The molecule has 20 heavy (non-hydrogen) atoms. The van der Waals surface area contributed by atoms with E-state index in [4.69, 9.17) is 9.84 Å². The van der Waals surface area contributed by atoms with E-state index in [1.807, 2.05) is 13.8 Å². The minimum Gasteiger partial charge on any atom is -0.481 e. The number of rotatable bonds is 7. The van der Waals surface area contributed by atoms with Gasteiger partial charge in [-0.25, -0.2) is 0 Å². The second kappa shape index (κ2) is 7.65. The summed E-state index contributed by atoms with van der Waals surface area (Å²) in [6, 6.07) is 6.84. The summed E-state index contributed by atoms with van der Waals surface area (Å²) in [5.74, 6) is -1.75. The van der Waals surface area contributed by atoms with Crippen LogP contribution in [0, 0.1) is 0 Å². The third-order valence-corrected chi connectivity index (χ3v) is 3.11. The number of hydrogen-bond donors (Lipinski definition) is 2. The number of carboxylic acids is 1. The highest BCUT2D eigenvalue weighted by Crippen LogP contribution is 2.19. The molecule has 0 spiro atoms. The second-order valence-corrected chi connectivity index (χ2v) is 4.76. The Kier molecular flexibility index (Phi) is 6.18. The van der Waals surface area contributed by atoms with Gasteiger partial charge in [0.1, 0.15) is 6.61 Å². The lowest BCUT2D eigenvalue weighted by atomic mass is 10.0. The minimum absolute atomic E-state index is 0.00623. The number of anilines is 1. The lowest BCUT2D eigenvalue weighted by Gasteiger charge is -2.12. The van der Waals surface area contributed by atoms with Crippen LogP contribution in [0.2, 0.25) is 0 Å². The predicted molar refractivity (Wildman–Crippen MR) is 76.8 cm³/mol. The third kappa shape index (κ3) is 5.01. The van der Waals surface area contributed by atoms with E-state index in [1.165, 1.54) is 0 Å². The van der Waals surface area contributed by atoms with Crippen LogP contribution in [-0.2, 0) is 14.3 Å². The molecule has 5 nitrogen and oxygen atoms in total. The van der Waals surface area contributed by atoms with Crippen molar-refractivity contribution < 1.29 is 19.4 Å². The number of ether oxygens (including phenoxy) is 1. The number of carboxylic acid groups (broad SMARTS) is 1. The van der Waals surface area contributed by atoms with Crippen LogP contribution in [0.15, 0.2) is 24.3 Å². The molecule has 0 saturated heterocycles. The van der Waals surface area contributed by atoms with E-state index in [1.54, 1.807) is 31.2 Å². The van der Waals surface area contributed by atoms with E-state index in [-0.39, 0.29) is 18.6 Å². The molecule has 1 amide bonds. The Balaban J connectivity index is 2.62. The average molecular weight is 279 g/mol. The number of nitrogens with one attached hydrogen (secondary N) is 1. The summed E-state index contributed by atoms with van der Waals surface area (Å²) in [6.07, 6.45) is 0.887. The largest absolute Gasteiger partial charge is 0.481 e. The maximum Gasteiger partial charge on any atom is 0.310 e. The Bertz CT molecular complexity index is 473. The number of amides is 1. The van der Waals surface area contributed by atoms with Gasteiger partial charge in [0.2, 0.25) is 5.91 Å². The molecule has 2 N–H and O–H groups in total. The highest BCUT2D eigenvalue weighted by molar-refractivity contribution is 5.92. The molecule has 0 bridgehead atoms. The van der Waals surface area contributed by atoms with Crippen molar-refractivity contribution in [1.82, 2.24) is 0 Å². The molecule has 0 radical (unpaired) electrons. The maximum atomic E-state index is 11.7. The average Bonchev–Trinajstić information content (AvgIpc) is 2.44. The fourth-order valence-electron chi connectivity index (χ4n) is 1.56. The first-order valence-electron chi connectivity index (χ1n) is 6.68. The zero-order valence-corrected chi connectivity index (χ0v) is 12.1. The molecule has 5 heteroatoms. The van der Waals surface area contributed by atoms with Crippen molar-refractivity contribution in [2.45, 2.75) is 39.2 Å². The zero-order chi connectivity index (χ0) is 15.1. The maximum absolute atomic E-state index is 11.7. The lowest BCUT2D eigenvalue weighted by molar-refractivity contribution is -0.138. The Morgan fingerprint density at radius 2 is 2.05 bits per heavy atom. The van der Waals surface area contributed by atoms with Crippen molar-refractivity contribution in [3.8, 4) is 0 Å². The number of hydrogen-bond acceptors (Lipinski definition) is 3. The number of benzene rings is 1. The van der Waals surface area contributed by atoms with E-state index in [2.05, 4.69) is 5.32 Å². The van der Waals surface area contributed by atoms with Crippen molar-refractivity contribution in [1.29, 1.82) is 0 Å². The number of aliphatic carboxylic acids is 1. The van der Waals surface area contributed by atoms with Gasteiger partial charge in [-0.1, -0.05) is 19.1 Å². The Morgan fingerprint density at radius 1 is 1.35 bits per heavy atom. The van der Waals surface area contributed by atoms with E-state index in [9.17, 15) is 9.59 Å². The van der Waals surface area contributed by atoms with E-state index >= 15 is 0 Å². The Hall–Kier alpha value is -1.88. The molecule has 110 valence electrons. The van der Waals surface area contributed by atoms with Crippen LogP contribution in [0.3, 0.4) is 0 Å². The summed E-state index contributed by atoms with van der Waals surface area (Å²) in [5, 5.41) is 11.7. The van der Waals surface area contributed by atoms with Gasteiger partial charge in [-0.3, -0.25) is 9.59 Å². The van der Waals surface area contributed by atoms with Crippen LogP contribution < -0.4 is 5.32 Å². The van der Waals surface area contributed by atoms with Gasteiger partial charge >= 0.3 is 5.97 Å². The first-order chi connectivity index (χ1) is 9.43. The first-order valence-corrected chi connectivity index (χ1v) is 6.68. The summed E-state index contributed by atoms with van der Waals surface area (Å²) in [7, 11) is 0. The van der Waals surface area contributed by atoms with Crippen LogP contribution in [-0.4, -0.2) is 29.7 Å². The van der Waals surface area contributed by atoms with Gasteiger partial charge in [0.05, 0.1) is 12.0 Å². The topological polar surface area (TPSA) is 75.6 Å². The van der Waals surface area contributed by atoms with Gasteiger partial charge in [0.15, 0.2) is 0 Å². The van der Waals surface area contributed by atoms with Crippen molar-refractivity contribution in [2.24, 2.45) is 0 Å². The third-order valence-electron chi connectivity index (χ3n) is 3.11. The van der Waals surface area contributed by atoms with Gasteiger partial charge < -0.3 is 15.2 Å². The summed E-state index contributed by atoms with van der Waals surface area (Å²) >= 11 is 0. The highest BCUT2D eigenvalue weighted by Gasteiger charge is 2.14. The molecule has 0 heterocycles. The van der Waals surface area contributed by atoms with Crippen molar-refractivity contribution in [2.75, 3.05) is 11.9 Å². The summed E-state index contributed by atoms with van der Waals surface area (Å²) in [6.45, 7) is 5.49. The number of carbonyl (C=O) groups is 2. The molecule has 0 aliphatic heterocycles. The first kappa shape index (κ1) is 16.2. The molecule has 0 saturated carbocycles. The quantitative estimate of drug-likeness (QED) is 0.804. The Morgan fingerprint density at radius 3 is 2.65 bits per heavy atom. The molecule has 1 rings (SSSR count). The molecule has 2 atom stereocenters. The predicted octanol–water partition coefficient (Wildman–Crippen LogP) is 2.63. The molecule has 0 fully saturated rings. The molecule has 0 aliphatic rings. The van der Waals surface area contributed by atoms with E-state index < -0.39 is 11.9 Å². The SMILES string of the molecule is CCC(C)OCC(=O)Nc1cccc(C(C)C(=O)O)c1. The molecular formula is C15H21NO4. The van der Waals surface area contributed by atoms with Crippen molar-refractivity contribution in [3.63, 3.8) is 0 Å². The fraction of sp³-hybridized carbons (Fsp3) is 0.467. The second-order valence-electron chi connectivity index (χ2n) is 4.76. The summed E-state index contributed by atoms with van der Waals surface area (Å²) in [5.41, 5.74) is 1.23. The minimum atomic E-state index is -0.895. The monoisotopic (exact) mass is 279 g/mol. The van der Waals surface area contributed by atoms with E-state index in [0.717, 1.165) is 6.42 Å². The van der Waals surface area contributed by atoms with Gasteiger partial charge in [-0.2, -0.15) is 0 Å². The van der Waals surface area contributed by atoms with Crippen LogP contribution in [0.25, 0.3) is 0 Å². The van der Waals surface area contributed by atoms with Crippen LogP contribution in [0.5, 0.6) is 0 Å². The Labute approximate surface area is 118 Å². The van der Waals surface area contributed by atoms with Crippen molar-refractivity contribution in [3.05, 3.63) is 29.8 Å². The van der Waals surface area contributed by atoms with Crippen LogP contribution in [0.1, 0.15) is 38.7 Å². The van der Waals surface area contributed by atoms with E-state index in [0.29, 0.717) is 11.3 Å². The normalized spacial score (nSPS) is 13.6. The molecule has 1 aromatic rings. The van der Waals surface area contributed by atoms with Gasteiger partial charge in [-0.05, 0) is 38.0 Å². The molecule has 0 aliphatic carbocycles.